The lowest BCUT2D eigenvalue weighted by atomic mass is 10.1. The normalized spacial score (nSPS) is 16.6. The van der Waals surface area contributed by atoms with Gasteiger partial charge >= 0.3 is 6.03 Å². The topological polar surface area (TPSA) is 44.8 Å². The van der Waals surface area contributed by atoms with Gasteiger partial charge in [-0.2, -0.15) is 0 Å². The van der Waals surface area contributed by atoms with E-state index in [-0.39, 0.29) is 6.03 Å². The predicted octanol–water partition coefficient (Wildman–Crippen LogP) is 2.80. The SMILES string of the molecule is O=C(NCc1ccccc1)N1CCc2ccc(N3CCOCC3)cc21. The van der Waals surface area contributed by atoms with Crippen LogP contribution in [0.4, 0.5) is 16.2 Å². The van der Waals surface area contributed by atoms with E-state index < -0.39 is 0 Å². The van der Waals surface area contributed by atoms with Crippen molar-refractivity contribution in [3.05, 3.63) is 59.7 Å². The van der Waals surface area contributed by atoms with Gasteiger partial charge in [0.15, 0.2) is 0 Å². The quantitative estimate of drug-likeness (QED) is 0.937. The highest BCUT2D eigenvalue weighted by atomic mass is 16.5. The molecule has 5 nitrogen and oxygen atoms in total. The van der Waals surface area contributed by atoms with Crippen LogP contribution in [0.15, 0.2) is 48.5 Å². The van der Waals surface area contributed by atoms with Gasteiger partial charge in [0, 0.05) is 31.9 Å². The Labute approximate surface area is 148 Å². The number of fused-ring (bicyclic) bond motifs is 1. The third kappa shape index (κ3) is 3.46. The van der Waals surface area contributed by atoms with Crippen LogP contribution < -0.4 is 15.1 Å². The number of morpholine rings is 1. The molecule has 5 heteroatoms. The fourth-order valence-electron chi connectivity index (χ4n) is 3.47. The first-order chi connectivity index (χ1) is 12.3. The Morgan fingerprint density at radius 1 is 1.04 bits per heavy atom. The second kappa shape index (κ2) is 7.15. The Morgan fingerprint density at radius 2 is 1.84 bits per heavy atom. The predicted molar refractivity (Wildman–Crippen MR) is 99.2 cm³/mol. The zero-order valence-electron chi connectivity index (χ0n) is 14.3. The van der Waals surface area contributed by atoms with Gasteiger partial charge in [-0.15, -0.1) is 0 Å². The zero-order valence-corrected chi connectivity index (χ0v) is 14.3. The second-order valence-electron chi connectivity index (χ2n) is 6.46. The van der Waals surface area contributed by atoms with E-state index in [1.165, 1.54) is 11.3 Å². The Hall–Kier alpha value is -2.53. The number of carbonyl (C=O) groups is 1. The number of benzene rings is 2. The van der Waals surface area contributed by atoms with Gasteiger partial charge in [0.1, 0.15) is 0 Å². The summed E-state index contributed by atoms with van der Waals surface area (Å²) >= 11 is 0. The molecule has 2 aromatic carbocycles. The van der Waals surface area contributed by atoms with Crippen molar-refractivity contribution >= 4 is 17.4 Å². The number of nitrogens with zero attached hydrogens (tertiary/aromatic N) is 2. The minimum absolute atomic E-state index is 0.0262. The highest BCUT2D eigenvalue weighted by molar-refractivity contribution is 5.94. The molecule has 1 fully saturated rings. The number of ether oxygens (including phenoxy) is 1. The molecule has 0 bridgehead atoms. The largest absolute Gasteiger partial charge is 0.378 e. The van der Waals surface area contributed by atoms with Crippen molar-refractivity contribution < 1.29 is 9.53 Å². The number of amides is 2. The molecule has 0 saturated carbocycles. The number of anilines is 2. The number of carbonyl (C=O) groups excluding carboxylic acids is 1. The number of hydrogen-bond donors (Lipinski definition) is 1. The average molecular weight is 337 g/mol. The molecule has 0 spiro atoms. The van der Waals surface area contributed by atoms with Gasteiger partial charge in [-0.1, -0.05) is 36.4 Å². The van der Waals surface area contributed by atoms with Crippen LogP contribution >= 0.6 is 0 Å². The molecular formula is C20H23N3O2. The molecule has 1 N–H and O–H groups in total. The number of nitrogens with one attached hydrogen (secondary N) is 1. The maximum Gasteiger partial charge on any atom is 0.322 e. The van der Waals surface area contributed by atoms with Crippen molar-refractivity contribution in [3.8, 4) is 0 Å². The van der Waals surface area contributed by atoms with Gasteiger partial charge in [0.2, 0.25) is 0 Å². The van der Waals surface area contributed by atoms with E-state index in [4.69, 9.17) is 4.74 Å². The summed E-state index contributed by atoms with van der Waals surface area (Å²) in [6.07, 6.45) is 0.914. The lowest BCUT2D eigenvalue weighted by Crippen LogP contribution is -2.39. The molecule has 2 aliphatic heterocycles. The van der Waals surface area contributed by atoms with Crippen LogP contribution in [0.2, 0.25) is 0 Å². The minimum Gasteiger partial charge on any atom is -0.378 e. The first-order valence-corrected chi connectivity index (χ1v) is 8.86. The van der Waals surface area contributed by atoms with E-state index in [9.17, 15) is 4.79 Å². The maximum absolute atomic E-state index is 12.7. The van der Waals surface area contributed by atoms with Crippen molar-refractivity contribution in [1.29, 1.82) is 0 Å². The van der Waals surface area contributed by atoms with Crippen LogP contribution in [0.25, 0.3) is 0 Å². The van der Waals surface area contributed by atoms with Gasteiger partial charge < -0.3 is 15.0 Å². The van der Waals surface area contributed by atoms with Gasteiger partial charge in [0.05, 0.1) is 18.9 Å². The number of urea groups is 1. The van der Waals surface area contributed by atoms with E-state index >= 15 is 0 Å². The summed E-state index contributed by atoms with van der Waals surface area (Å²) in [5.41, 5.74) is 4.56. The molecule has 0 unspecified atom stereocenters. The fourth-order valence-corrected chi connectivity index (χ4v) is 3.47. The van der Waals surface area contributed by atoms with Crippen LogP contribution in [-0.4, -0.2) is 38.9 Å². The molecule has 1 saturated heterocycles. The van der Waals surface area contributed by atoms with E-state index in [2.05, 4.69) is 28.4 Å². The molecule has 0 atom stereocenters. The summed E-state index contributed by atoms with van der Waals surface area (Å²) in [6, 6.07) is 16.4. The van der Waals surface area contributed by atoms with Gasteiger partial charge in [0.25, 0.3) is 0 Å². The third-order valence-electron chi connectivity index (χ3n) is 4.87. The maximum atomic E-state index is 12.7. The summed E-state index contributed by atoms with van der Waals surface area (Å²) in [5.74, 6) is 0. The smallest absolute Gasteiger partial charge is 0.322 e. The molecule has 2 heterocycles. The molecule has 25 heavy (non-hydrogen) atoms. The molecule has 0 radical (unpaired) electrons. The van der Waals surface area contributed by atoms with Crippen molar-refractivity contribution in [2.75, 3.05) is 42.6 Å². The van der Waals surface area contributed by atoms with Crippen LogP contribution in [0.5, 0.6) is 0 Å². The Morgan fingerprint density at radius 3 is 2.64 bits per heavy atom. The molecular weight excluding hydrogens is 314 g/mol. The second-order valence-corrected chi connectivity index (χ2v) is 6.46. The molecule has 0 aromatic heterocycles. The fraction of sp³-hybridized carbons (Fsp3) is 0.350. The van der Waals surface area contributed by atoms with E-state index in [0.29, 0.717) is 6.54 Å². The zero-order chi connectivity index (χ0) is 17.1. The highest BCUT2D eigenvalue weighted by Gasteiger charge is 2.25. The highest BCUT2D eigenvalue weighted by Crippen LogP contribution is 2.32. The van der Waals surface area contributed by atoms with Crippen molar-refractivity contribution in [2.24, 2.45) is 0 Å². The standard InChI is InChI=1S/C20H23N3O2/c24-20(21-15-16-4-2-1-3-5-16)23-9-8-17-6-7-18(14-19(17)23)22-10-12-25-13-11-22/h1-7,14H,8-13,15H2,(H,21,24). The number of rotatable bonds is 3. The van der Waals surface area contributed by atoms with Gasteiger partial charge in [-0.3, -0.25) is 4.90 Å². The van der Waals surface area contributed by atoms with Crippen molar-refractivity contribution in [1.82, 2.24) is 5.32 Å². The van der Waals surface area contributed by atoms with Crippen LogP contribution in [0.1, 0.15) is 11.1 Å². The molecule has 130 valence electrons. The third-order valence-corrected chi connectivity index (χ3v) is 4.87. The van der Waals surface area contributed by atoms with Crippen molar-refractivity contribution in [3.63, 3.8) is 0 Å². The average Bonchev–Trinajstić information content (AvgIpc) is 3.11. The molecule has 0 aliphatic carbocycles. The van der Waals surface area contributed by atoms with Gasteiger partial charge in [-0.05, 0) is 29.7 Å². The Bertz CT molecular complexity index is 742. The first-order valence-electron chi connectivity index (χ1n) is 8.86. The van der Waals surface area contributed by atoms with Crippen LogP contribution in [-0.2, 0) is 17.7 Å². The van der Waals surface area contributed by atoms with E-state index in [1.54, 1.807) is 0 Å². The minimum atomic E-state index is -0.0262. The van der Waals surface area contributed by atoms with E-state index in [0.717, 1.165) is 50.5 Å². The summed E-state index contributed by atoms with van der Waals surface area (Å²) in [6.45, 7) is 4.62. The lowest BCUT2D eigenvalue weighted by molar-refractivity contribution is 0.122. The van der Waals surface area contributed by atoms with Crippen LogP contribution in [0.3, 0.4) is 0 Å². The summed E-state index contributed by atoms with van der Waals surface area (Å²) in [7, 11) is 0. The molecule has 2 aliphatic rings. The monoisotopic (exact) mass is 337 g/mol. The summed E-state index contributed by atoms with van der Waals surface area (Å²) in [4.78, 5) is 16.8. The van der Waals surface area contributed by atoms with Gasteiger partial charge in [-0.25, -0.2) is 4.79 Å². The van der Waals surface area contributed by atoms with Crippen LogP contribution in [0, 0.1) is 0 Å². The molecule has 2 amide bonds. The lowest BCUT2D eigenvalue weighted by Gasteiger charge is -2.29. The van der Waals surface area contributed by atoms with E-state index in [1.807, 2.05) is 35.2 Å². The molecule has 4 rings (SSSR count). The molecule has 2 aromatic rings. The summed E-state index contributed by atoms with van der Waals surface area (Å²) < 4.78 is 5.43. The Balaban J connectivity index is 1.47. The number of hydrogen-bond acceptors (Lipinski definition) is 3. The first kappa shape index (κ1) is 16.0. The Kier molecular flexibility index (Phi) is 4.57. The van der Waals surface area contributed by atoms with Crippen molar-refractivity contribution in [2.45, 2.75) is 13.0 Å². The summed E-state index contributed by atoms with van der Waals surface area (Å²) in [5, 5.41) is 3.03.